The van der Waals surface area contributed by atoms with Crippen LogP contribution in [-0.4, -0.2) is 33.6 Å². The Bertz CT molecular complexity index is 610. The summed E-state index contributed by atoms with van der Waals surface area (Å²) in [5.74, 6) is 0.0361. The lowest BCUT2D eigenvalue weighted by Gasteiger charge is -2.40. The number of hydrogen-bond donors (Lipinski definition) is 2. The molecule has 3 rings (SSSR count). The molecule has 0 aliphatic carbocycles. The first kappa shape index (κ1) is 14.0. The highest BCUT2D eigenvalue weighted by molar-refractivity contribution is 6.22. The second-order valence-corrected chi connectivity index (χ2v) is 6.15. The van der Waals surface area contributed by atoms with Gasteiger partial charge in [-0.25, -0.2) is 0 Å². The van der Waals surface area contributed by atoms with Gasteiger partial charge in [-0.15, -0.1) is 0 Å². The number of nitrogens with zero attached hydrogens (tertiary/aromatic N) is 1. The molecule has 0 radical (unpaired) electrons. The number of carbonyl (C=O) groups is 1. The largest absolute Gasteiger partial charge is 0.511 e. The zero-order valence-corrected chi connectivity index (χ0v) is 12.5. The molecule has 1 saturated heterocycles. The van der Waals surface area contributed by atoms with Gasteiger partial charge >= 0.3 is 0 Å². The summed E-state index contributed by atoms with van der Waals surface area (Å²) in [4.78, 5) is 14.6. The van der Waals surface area contributed by atoms with Crippen molar-refractivity contribution in [3.63, 3.8) is 0 Å². The monoisotopic (exact) mass is 287 g/mol. The van der Waals surface area contributed by atoms with Crippen LogP contribution in [0.25, 0.3) is 5.57 Å². The fourth-order valence-electron chi connectivity index (χ4n) is 3.59. The van der Waals surface area contributed by atoms with Crippen LogP contribution in [0.5, 0.6) is 5.75 Å². The third kappa shape index (κ3) is 2.28. The smallest absolute Gasteiger partial charge is 0.258 e. The first-order valence-corrected chi connectivity index (χ1v) is 7.52. The Morgan fingerprint density at radius 2 is 1.95 bits per heavy atom. The molecule has 0 bridgehead atoms. The first-order valence-electron chi connectivity index (χ1n) is 7.52. The van der Waals surface area contributed by atoms with E-state index in [1.165, 1.54) is 0 Å². The normalized spacial score (nSPS) is 22.5. The fourth-order valence-corrected chi connectivity index (χ4v) is 3.59. The van der Waals surface area contributed by atoms with E-state index in [4.69, 9.17) is 0 Å². The summed E-state index contributed by atoms with van der Waals surface area (Å²) < 4.78 is 0. The highest BCUT2D eigenvalue weighted by Crippen LogP contribution is 2.38. The number of fused-ring (bicyclic) bond motifs is 1. The summed E-state index contributed by atoms with van der Waals surface area (Å²) in [5, 5.41) is 20.6. The Labute approximate surface area is 124 Å². The quantitative estimate of drug-likeness (QED) is 0.834. The van der Waals surface area contributed by atoms with Crippen LogP contribution < -0.4 is 0 Å². The molecule has 2 N–H and O–H groups in total. The molecule has 21 heavy (non-hydrogen) atoms. The highest BCUT2D eigenvalue weighted by Gasteiger charge is 2.37. The molecule has 1 amide bonds. The molecule has 2 aliphatic heterocycles. The van der Waals surface area contributed by atoms with Crippen molar-refractivity contribution >= 4 is 11.5 Å². The topological polar surface area (TPSA) is 60.8 Å². The predicted molar refractivity (Wildman–Crippen MR) is 81.1 cm³/mol. The molecule has 2 heterocycles. The number of hydrogen-bond acceptors (Lipinski definition) is 3. The Hall–Kier alpha value is -1.97. The highest BCUT2D eigenvalue weighted by atomic mass is 16.3. The number of amides is 1. The van der Waals surface area contributed by atoms with Crippen LogP contribution in [0, 0.1) is 13.8 Å². The number of carbonyl (C=O) groups excluding carboxylic acids is 1. The van der Waals surface area contributed by atoms with Crippen LogP contribution in [0.2, 0.25) is 0 Å². The second kappa shape index (κ2) is 5.10. The number of phenols is 1. The van der Waals surface area contributed by atoms with Crippen molar-refractivity contribution in [3.8, 4) is 5.75 Å². The van der Waals surface area contributed by atoms with Crippen LogP contribution in [0.4, 0.5) is 0 Å². The van der Waals surface area contributed by atoms with Crippen LogP contribution >= 0.6 is 0 Å². The van der Waals surface area contributed by atoms with E-state index in [0.717, 1.165) is 36.9 Å². The summed E-state index contributed by atoms with van der Waals surface area (Å²) in [5.41, 5.74) is 2.51. The molecule has 2 aliphatic rings. The Morgan fingerprint density at radius 3 is 2.67 bits per heavy atom. The number of piperidine rings is 1. The minimum absolute atomic E-state index is 0.0675. The number of rotatable bonds is 1. The number of aliphatic hydroxyl groups excluding tert-OH is 1. The average Bonchev–Trinajstić information content (AvgIpc) is 2.41. The van der Waals surface area contributed by atoms with Gasteiger partial charge in [-0.1, -0.05) is 6.07 Å². The molecule has 4 nitrogen and oxygen atoms in total. The van der Waals surface area contributed by atoms with Crippen LogP contribution in [0.15, 0.2) is 17.9 Å². The van der Waals surface area contributed by atoms with E-state index in [2.05, 4.69) is 0 Å². The molecule has 112 valence electrons. The van der Waals surface area contributed by atoms with E-state index < -0.39 is 0 Å². The van der Waals surface area contributed by atoms with Gasteiger partial charge in [0, 0.05) is 24.6 Å². The predicted octanol–water partition coefficient (Wildman–Crippen LogP) is 3.06. The molecule has 0 spiro atoms. The van der Waals surface area contributed by atoms with E-state index in [-0.39, 0.29) is 29.0 Å². The Kier molecular flexibility index (Phi) is 3.40. The van der Waals surface area contributed by atoms with Crippen molar-refractivity contribution in [2.45, 2.75) is 45.6 Å². The van der Waals surface area contributed by atoms with Crippen molar-refractivity contribution in [2.24, 2.45) is 0 Å². The zero-order chi connectivity index (χ0) is 15.1. The lowest BCUT2D eigenvalue weighted by atomic mass is 9.87. The lowest BCUT2D eigenvalue weighted by Crippen LogP contribution is -2.47. The van der Waals surface area contributed by atoms with Crippen LogP contribution in [0.1, 0.15) is 42.4 Å². The summed E-state index contributed by atoms with van der Waals surface area (Å²) in [6.07, 6.45) is 3.55. The van der Waals surface area contributed by atoms with E-state index >= 15 is 0 Å². The fraction of sp³-hybridized carbons (Fsp3) is 0.471. The average molecular weight is 287 g/mol. The Morgan fingerprint density at radius 1 is 1.19 bits per heavy atom. The van der Waals surface area contributed by atoms with Crippen molar-refractivity contribution in [1.82, 2.24) is 4.90 Å². The lowest BCUT2D eigenvalue weighted by molar-refractivity contribution is -0.129. The van der Waals surface area contributed by atoms with Crippen molar-refractivity contribution < 1.29 is 15.0 Å². The van der Waals surface area contributed by atoms with E-state index in [9.17, 15) is 15.0 Å². The molecule has 1 aromatic carbocycles. The minimum Gasteiger partial charge on any atom is -0.511 e. The first-order chi connectivity index (χ1) is 9.99. The van der Waals surface area contributed by atoms with E-state index in [1.54, 1.807) is 6.07 Å². The molecule has 4 heteroatoms. The standard InChI is InChI=1S/C17H21NO3/c1-10-7-11(2)15(13(19)8-10)16-14(20)9-12-5-3-4-6-18(12)17(16)21/h7-8,12,19-20H,3-6,9H2,1-2H3. The maximum atomic E-state index is 12.8. The maximum absolute atomic E-state index is 12.8. The van der Waals surface area contributed by atoms with Gasteiger partial charge < -0.3 is 15.1 Å². The SMILES string of the molecule is Cc1cc(C)c(C2=C(O)CC3CCCCN3C2=O)c(O)c1. The van der Waals surface area contributed by atoms with Gasteiger partial charge in [0.1, 0.15) is 11.5 Å². The number of aryl methyl sites for hydroxylation is 2. The molecule has 1 aromatic rings. The summed E-state index contributed by atoms with van der Waals surface area (Å²) in [6.45, 7) is 4.50. The van der Waals surface area contributed by atoms with Crippen LogP contribution in [0.3, 0.4) is 0 Å². The van der Waals surface area contributed by atoms with Gasteiger partial charge in [0.15, 0.2) is 0 Å². The number of aromatic hydroxyl groups is 1. The van der Waals surface area contributed by atoms with Crippen molar-refractivity contribution in [3.05, 3.63) is 34.6 Å². The molecule has 0 aromatic heterocycles. The van der Waals surface area contributed by atoms with Gasteiger partial charge in [-0.2, -0.15) is 0 Å². The summed E-state index contributed by atoms with van der Waals surface area (Å²) in [7, 11) is 0. The summed E-state index contributed by atoms with van der Waals surface area (Å²) in [6, 6.07) is 3.67. The maximum Gasteiger partial charge on any atom is 0.258 e. The van der Waals surface area contributed by atoms with E-state index in [0.29, 0.717) is 12.0 Å². The molecule has 1 atom stereocenters. The zero-order valence-electron chi connectivity index (χ0n) is 12.5. The minimum atomic E-state index is -0.147. The number of aliphatic hydroxyl groups is 1. The van der Waals surface area contributed by atoms with Gasteiger partial charge in [-0.3, -0.25) is 4.79 Å². The Balaban J connectivity index is 2.11. The molecule has 1 unspecified atom stereocenters. The van der Waals surface area contributed by atoms with Gasteiger partial charge in [0.05, 0.1) is 5.57 Å². The van der Waals surface area contributed by atoms with Gasteiger partial charge in [-0.05, 0) is 50.3 Å². The van der Waals surface area contributed by atoms with Gasteiger partial charge in [0.2, 0.25) is 0 Å². The molecular formula is C17H21NO3. The third-order valence-electron chi connectivity index (χ3n) is 4.53. The third-order valence-corrected chi connectivity index (χ3v) is 4.53. The second-order valence-electron chi connectivity index (χ2n) is 6.15. The molecule has 0 saturated carbocycles. The number of phenolic OH excluding ortho intramolecular Hbond substituents is 1. The molecule has 1 fully saturated rings. The van der Waals surface area contributed by atoms with Crippen molar-refractivity contribution in [2.75, 3.05) is 6.54 Å². The van der Waals surface area contributed by atoms with Crippen molar-refractivity contribution in [1.29, 1.82) is 0 Å². The summed E-state index contributed by atoms with van der Waals surface area (Å²) >= 11 is 0. The van der Waals surface area contributed by atoms with E-state index in [1.807, 2.05) is 24.8 Å². The van der Waals surface area contributed by atoms with Crippen LogP contribution in [-0.2, 0) is 4.79 Å². The molecular weight excluding hydrogens is 266 g/mol. The number of benzene rings is 1. The van der Waals surface area contributed by atoms with Gasteiger partial charge in [0.25, 0.3) is 5.91 Å².